The predicted octanol–water partition coefficient (Wildman–Crippen LogP) is 3.94. The van der Waals surface area contributed by atoms with E-state index < -0.39 is 5.41 Å². The zero-order valence-electron chi connectivity index (χ0n) is 12.7. The summed E-state index contributed by atoms with van der Waals surface area (Å²) >= 11 is 0. The highest BCUT2D eigenvalue weighted by atomic mass is 16.2. The van der Waals surface area contributed by atoms with Crippen LogP contribution in [0.25, 0.3) is 0 Å². The van der Waals surface area contributed by atoms with E-state index in [2.05, 4.69) is 18.3 Å². The Labute approximate surface area is 117 Å². The van der Waals surface area contributed by atoms with Gasteiger partial charge in [0, 0.05) is 5.54 Å². The third-order valence-corrected chi connectivity index (χ3v) is 4.37. The van der Waals surface area contributed by atoms with Gasteiger partial charge in [0.25, 0.3) is 0 Å². The molecule has 1 fully saturated rings. The Balaban J connectivity index is 2.79. The van der Waals surface area contributed by atoms with Crippen molar-refractivity contribution >= 4 is 5.91 Å². The number of hydrogen-bond acceptors (Lipinski definition) is 2. The molecule has 0 heterocycles. The topological polar surface area (TPSA) is 52.9 Å². The van der Waals surface area contributed by atoms with Crippen molar-refractivity contribution in [1.29, 1.82) is 5.26 Å². The van der Waals surface area contributed by atoms with Gasteiger partial charge in [0.1, 0.15) is 5.41 Å². The minimum atomic E-state index is -0.816. The molecular weight excluding hydrogens is 236 g/mol. The Morgan fingerprint density at radius 2 is 1.74 bits per heavy atom. The predicted molar refractivity (Wildman–Crippen MR) is 77.5 cm³/mol. The largest absolute Gasteiger partial charge is 0.350 e. The fourth-order valence-corrected chi connectivity index (χ4v) is 3.22. The van der Waals surface area contributed by atoms with Crippen LogP contribution in [0.3, 0.4) is 0 Å². The Morgan fingerprint density at radius 1 is 1.21 bits per heavy atom. The molecule has 1 amide bonds. The van der Waals surface area contributed by atoms with Crippen molar-refractivity contribution in [3.8, 4) is 6.07 Å². The third kappa shape index (κ3) is 3.96. The number of carbonyl (C=O) groups is 1. The van der Waals surface area contributed by atoms with E-state index in [1.807, 2.05) is 13.8 Å². The number of rotatable bonds is 6. The van der Waals surface area contributed by atoms with Crippen LogP contribution in [0.5, 0.6) is 0 Å². The number of hydrogen-bond donors (Lipinski definition) is 1. The molecule has 0 spiro atoms. The number of nitriles is 1. The minimum Gasteiger partial charge on any atom is -0.350 e. The number of amides is 1. The Morgan fingerprint density at radius 3 is 2.16 bits per heavy atom. The highest BCUT2D eigenvalue weighted by Gasteiger charge is 2.40. The van der Waals surface area contributed by atoms with E-state index in [4.69, 9.17) is 0 Å². The zero-order valence-corrected chi connectivity index (χ0v) is 12.7. The molecule has 0 aliphatic heterocycles. The summed E-state index contributed by atoms with van der Waals surface area (Å²) in [5.41, 5.74) is -0.914. The van der Waals surface area contributed by atoms with E-state index in [0.717, 1.165) is 25.7 Å². The van der Waals surface area contributed by atoms with Crippen LogP contribution < -0.4 is 5.32 Å². The van der Waals surface area contributed by atoms with Crippen molar-refractivity contribution in [2.45, 2.75) is 84.1 Å². The highest BCUT2D eigenvalue weighted by Crippen LogP contribution is 2.33. The maximum atomic E-state index is 12.6. The van der Waals surface area contributed by atoms with Gasteiger partial charge in [-0.2, -0.15) is 5.26 Å². The molecule has 3 heteroatoms. The van der Waals surface area contributed by atoms with Crippen LogP contribution in [-0.2, 0) is 4.79 Å². The maximum Gasteiger partial charge on any atom is 0.240 e. The van der Waals surface area contributed by atoms with E-state index in [1.54, 1.807) is 0 Å². The molecule has 0 radical (unpaired) electrons. The maximum absolute atomic E-state index is 12.6. The Kier molecular flexibility index (Phi) is 5.85. The van der Waals surface area contributed by atoms with E-state index in [9.17, 15) is 10.1 Å². The van der Waals surface area contributed by atoms with Crippen LogP contribution in [0.2, 0.25) is 0 Å². The summed E-state index contributed by atoms with van der Waals surface area (Å²) < 4.78 is 0. The second-order valence-corrected chi connectivity index (χ2v) is 6.27. The van der Waals surface area contributed by atoms with Crippen molar-refractivity contribution in [2.24, 2.45) is 5.41 Å². The molecule has 3 nitrogen and oxygen atoms in total. The van der Waals surface area contributed by atoms with Gasteiger partial charge in [0.15, 0.2) is 0 Å². The molecule has 108 valence electrons. The number of nitrogens with zero attached hydrogens (tertiary/aromatic N) is 1. The Hall–Kier alpha value is -1.04. The lowest BCUT2D eigenvalue weighted by Gasteiger charge is -2.37. The van der Waals surface area contributed by atoms with Crippen molar-refractivity contribution in [3.63, 3.8) is 0 Å². The molecule has 0 atom stereocenters. The van der Waals surface area contributed by atoms with Gasteiger partial charge in [-0.1, -0.05) is 46.0 Å². The quantitative estimate of drug-likeness (QED) is 0.790. The number of carbonyl (C=O) groups excluding carboxylic acids is 1. The summed E-state index contributed by atoms with van der Waals surface area (Å²) in [6.45, 7) is 6.21. The first-order valence-corrected chi connectivity index (χ1v) is 7.76. The van der Waals surface area contributed by atoms with Crippen LogP contribution in [0, 0.1) is 16.7 Å². The van der Waals surface area contributed by atoms with Gasteiger partial charge in [0.2, 0.25) is 5.91 Å². The smallest absolute Gasteiger partial charge is 0.240 e. The summed E-state index contributed by atoms with van der Waals surface area (Å²) in [7, 11) is 0. The molecule has 0 aromatic rings. The summed E-state index contributed by atoms with van der Waals surface area (Å²) in [5.74, 6) is -0.0388. The molecule has 0 unspecified atom stereocenters. The third-order valence-electron chi connectivity index (χ3n) is 4.37. The lowest BCUT2D eigenvalue weighted by Crippen LogP contribution is -2.52. The summed E-state index contributed by atoms with van der Waals surface area (Å²) in [5, 5.41) is 12.7. The molecule has 0 bridgehead atoms. The molecule has 1 rings (SSSR count). The van der Waals surface area contributed by atoms with Crippen LogP contribution in [0.1, 0.15) is 78.6 Å². The molecule has 1 saturated carbocycles. The van der Waals surface area contributed by atoms with Crippen molar-refractivity contribution in [3.05, 3.63) is 0 Å². The average molecular weight is 264 g/mol. The van der Waals surface area contributed by atoms with Gasteiger partial charge in [-0.15, -0.1) is 0 Å². The molecule has 1 aliphatic rings. The van der Waals surface area contributed by atoms with Crippen LogP contribution in [0.4, 0.5) is 0 Å². The van der Waals surface area contributed by atoms with Gasteiger partial charge < -0.3 is 5.32 Å². The molecule has 0 aromatic carbocycles. The van der Waals surface area contributed by atoms with E-state index in [-0.39, 0.29) is 11.4 Å². The van der Waals surface area contributed by atoms with E-state index in [1.165, 1.54) is 19.3 Å². The lowest BCUT2D eigenvalue weighted by atomic mass is 9.77. The first kappa shape index (κ1) is 16.0. The molecular formula is C16H28N2O. The lowest BCUT2D eigenvalue weighted by molar-refractivity contribution is -0.131. The molecule has 1 N–H and O–H groups in total. The van der Waals surface area contributed by atoms with Gasteiger partial charge in [-0.3, -0.25) is 4.79 Å². The van der Waals surface area contributed by atoms with Crippen molar-refractivity contribution in [1.82, 2.24) is 5.32 Å². The molecule has 0 aromatic heterocycles. The molecule has 1 aliphatic carbocycles. The zero-order chi connectivity index (χ0) is 14.4. The summed E-state index contributed by atoms with van der Waals surface area (Å²) in [6.07, 6.45) is 8.78. The summed E-state index contributed by atoms with van der Waals surface area (Å²) in [6, 6.07) is 2.31. The van der Waals surface area contributed by atoms with Gasteiger partial charge in [-0.05, 0) is 32.6 Å². The SMILES string of the molecule is CCCC(C#N)(CCC)C(=O)NC1(C)CCCCC1. The standard InChI is InChI=1S/C16H28N2O/c1-4-9-16(13-17,10-5-2)14(19)18-15(3)11-7-6-8-12-15/h4-12H2,1-3H3,(H,18,19). The van der Waals surface area contributed by atoms with Crippen LogP contribution in [0.15, 0.2) is 0 Å². The monoisotopic (exact) mass is 264 g/mol. The molecule has 19 heavy (non-hydrogen) atoms. The Bertz CT molecular complexity index is 331. The van der Waals surface area contributed by atoms with E-state index in [0.29, 0.717) is 12.8 Å². The van der Waals surface area contributed by atoms with Crippen molar-refractivity contribution in [2.75, 3.05) is 0 Å². The van der Waals surface area contributed by atoms with Gasteiger partial charge >= 0.3 is 0 Å². The fourth-order valence-electron chi connectivity index (χ4n) is 3.22. The van der Waals surface area contributed by atoms with Gasteiger partial charge in [-0.25, -0.2) is 0 Å². The normalized spacial score (nSPS) is 18.6. The minimum absolute atomic E-state index is 0.0388. The highest BCUT2D eigenvalue weighted by molar-refractivity contribution is 5.86. The van der Waals surface area contributed by atoms with Gasteiger partial charge in [0.05, 0.1) is 6.07 Å². The fraction of sp³-hybridized carbons (Fsp3) is 0.875. The first-order chi connectivity index (χ1) is 9.02. The second kappa shape index (κ2) is 6.93. The molecule has 0 saturated heterocycles. The van der Waals surface area contributed by atoms with Crippen LogP contribution >= 0.6 is 0 Å². The van der Waals surface area contributed by atoms with Crippen molar-refractivity contribution < 1.29 is 4.79 Å². The van der Waals surface area contributed by atoms with E-state index >= 15 is 0 Å². The van der Waals surface area contributed by atoms with Crippen LogP contribution in [-0.4, -0.2) is 11.4 Å². The summed E-state index contributed by atoms with van der Waals surface area (Å²) in [4.78, 5) is 12.6. The first-order valence-electron chi connectivity index (χ1n) is 7.76. The average Bonchev–Trinajstić information content (AvgIpc) is 2.38. The number of nitrogens with one attached hydrogen (secondary N) is 1. The second-order valence-electron chi connectivity index (χ2n) is 6.27.